The summed E-state index contributed by atoms with van der Waals surface area (Å²) in [4.78, 5) is 6.59. The third kappa shape index (κ3) is 7.17. The maximum Gasteiger partial charge on any atom is 0.191 e. The fourth-order valence-electron chi connectivity index (χ4n) is 3.36. The maximum atomic E-state index is 13.7. The summed E-state index contributed by atoms with van der Waals surface area (Å²) < 4.78 is 32.9. The van der Waals surface area contributed by atoms with E-state index in [0.29, 0.717) is 19.0 Å². The molecule has 2 aromatic rings. The maximum absolute atomic E-state index is 13.7. The van der Waals surface area contributed by atoms with Crippen molar-refractivity contribution >= 4 is 29.9 Å². The Kier molecular flexibility index (Phi) is 10.5. The molecule has 0 bridgehead atoms. The fraction of sp³-hybridized carbons (Fsp3) is 0.409. The van der Waals surface area contributed by atoms with Gasteiger partial charge in [0.1, 0.15) is 11.6 Å². The number of benzene rings is 2. The first-order valence-corrected chi connectivity index (χ1v) is 9.91. The van der Waals surface area contributed by atoms with Gasteiger partial charge in [0.2, 0.25) is 0 Å². The first kappa shape index (κ1) is 24.5. The molecular weight excluding hydrogens is 501 g/mol. The Labute approximate surface area is 193 Å². The van der Waals surface area contributed by atoms with Crippen LogP contribution >= 0.6 is 24.0 Å². The highest BCUT2D eigenvalue weighted by Gasteiger charge is 2.13. The zero-order valence-corrected chi connectivity index (χ0v) is 19.5. The van der Waals surface area contributed by atoms with Crippen LogP contribution in [-0.2, 0) is 24.2 Å². The van der Waals surface area contributed by atoms with Crippen molar-refractivity contribution in [2.75, 3.05) is 39.9 Å². The van der Waals surface area contributed by atoms with E-state index in [1.807, 2.05) is 6.07 Å². The quantitative estimate of drug-likeness (QED) is 0.328. The van der Waals surface area contributed by atoms with Gasteiger partial charge in [0, 0.05) is 45.3 Å². The molecule has 0 spiro atoms. The minimum absolute atomic E-state index is 0. The number of morpholine rings is 1. The first-order chi connectivity index (χ1) is 14.2. The van der Waals surface area contributed by atoms with Gasteiger partial charge in [0.05, 0.1) is 13.2 Å². The van der Waals surface area contributed by atoms with E-state index in [1.54, 1.807) is 7.05 Å². The minimum atomic E-state index is -0.521. The van der Waals surface area contributed by atoms with Gasteiger partial charge in [-0.05, 0) is 29.7 Å². The van der Waals surface area contributed by atoms with Crippen LogP contribution in [0.3, 0.4) is 0 Å². The number of aliphatic imine (C=N–C) groups is 1. The van der Waals surface area contributed by atoms with E-state index in [1.165, 1.54) is 29.3 Å². The van der Waals surface area contributed by atoms with E-state index >= 15 is 0 Å². The van der Waals surface area contributed by atoms with Crippen LogP contribution in [0.25, 0.3) is 0 Å². The summed E-state index contributed by atoms with van der Waals surface area (Å²) in [5.41, 5.74) is 2.55. The molecule has 5 nitrogen and oxygen atoms in total. The molecule has 0 aliphatic carbocycles. The van der Waals surface area contributed by atoms with Crippen LogP contribution in [-0.4, -0.2) is 50.8 Å². The highest BCUT2D eigenvalue weighted by atomic mass is 127. The molecule has 1 saturated heterocycles. The van der Waals surface area contributed by atoms with Crippen LogP contribution in [0.15, 0.2) is 47.5 Å². The molecule has 1 heterocycles. The minimum Gasteiger partial charge on any atom is -0.379 e. The van der Waals surface area contributed by atoms with Crippen molar-refractivity contribution < 1.29 is 13.5 Å². The number of nitrogens with one attached hydrogen (secondary N) is 2. The van der Waals surface area contributed by atoms with Crippen LogP contribution < -0.4 is 10.6 Å². The SMILES string of the molecule is CN=C(NCCc1c(F)cccc1F)NCc1ccccc1CN1CCOCC1.I. The summed E-state index contributed by atoms with van der Waals surface area (Å²) in [6, 6.07) is 12.2. The van der Waals surface area contributed by atoms with Crippen molar-refractivity contribution in [3.05, 3.63) is 70.8 Å². The Balaban J connectivity index is 0.00000320. The van der Waals surface area contributed by atoms with Crippen molar-refractivity contribution in [1.82, 2.24) is 15.5 Å². The smallest absolute Gasteiger partial charge is 0.191 e. The molecule has 2 N–H and O–H groups in total. The molecule has 0 unspecified atom stereocenters. The van der Waals surface area contributed by atoms with Crippen molar-refractivity contribution in [3.8, 4) is 0 Å². The van der Waals surface area contributed by atoms with E-state index in [-0.39, 0.29) is 36.0 Å². The van der Waals surface area contributed by atoms with E-state index < -0.39 is 11.6 Å². The Bertz CT molecular complexity index is 808. The van der Waals surface area contributed by atoms with Crippen LogP contribution in [0.1, 0.15) is 16.7 Å². The predicted molar refractivity (Wildman–Crippen MR) is 126 cm³/mol. The third-order valence-electron chi connectivity index (χ3n) is 5.02. The van der Waals surface area contributed by atoms with Crippen LogP contribution in [0, 0.1) is 11.6 Å². The summed E-state index contributed by atoms with van der Waals surface area (Å²) in [5.74, 6) is -0.443. The fourth-order valence-corrected chi connectivity index (χ4v) is 3.36. The second-order valence-corrected chi connectivity index (χ2v) is 6.96. The molecule has 0 atom stereocenters. The summed E-state index contributed by atoms with van der Waals surface area (Å²) in [7, 11) is 1.68. The Morgan fingerprint density at radius 2 is 1.67 bits per heavy atom. The van der Waals surface area contributed by atoms with Gasteiger partial charge >= 0.3 is 0 Å². The molecule has 0 saturated carbocycles. The Morgan fingerprint density at radius 3 is 2.33 bits per heavy atom. The van der Waals surface area contributed by atoms with E-state index in [2.05, 4.69) is 38.7 Å². The van der Waals surface area contributed by atoms with Crippen LogP contribution in [0.2, 0.25) is 0 Å². The van der Waals surface area contributed by atoms with Crippen LogP contribution in [0.4, 0.5) is 8.78 Å². The molecule has 1 aliphatic rings. The zero-order valence-electron chi connectivity index (χ0n) is 17.2. The molecule has 164 valence electrons. The molecule has 0 radical (unpaired) electrons. The average Bonchev–Trinajstić information content (AvgIpc) is 2.74. The highest BCUT2D eigenvalue weighted by Crippen LogP contribution is 2.13. The number of guanidine groups is 1. The Hall–Kier alpha value is -1.78. The molecule has 3 rings (SSSR count). The Morgan fingerprint density at radius 1 is 1.00 bits per heavy atom. The van der Waals surface area contributed by atoms with Gasteiger partial charge in [0.25, 0.3) is 0 Å². The molecule has 0 amide bonds. The third-order valence-corrected chi connectivity index (χ3v) is 5.02. The van der Waals surface area contributed by atoms with Gasteiger partial charge in [-0.25, -0.2) is 8.78 Å². The lowest BCUT2D eigenvalue weighted by Crippen LogP contribution is -2.38. The van der Waals surface area contributed by atoms with Gasteiger partial charge in [-0.3, -0.25) is 9.89 Å². The van der Waals surface area contributed by atoms with Gasteiger partial charge in [-0.2, -0.15) is 0 Å². The molecule has 2 aromatic carbocycles. The molecule has 0 aromatic heterocycles. The monoisotopic (exact) mass is 530 g/mol. The summed E-state index contributed by atoms with van der Waals surface area (Å²) in [5, 5.41) is 6.41. The molecule has 8 heteroatoms. The van der Waals surface area contributed by atoms with Gasteiger partial charge < -0.3 is 15.4 Å². The van der Waals surface area contributed by atoms with E-state index in [9.17, 15) is 8.78 Å². The summed E-state index contributed by atoms with van der Waals surface area (Å²) in [6.07, 6.45) is 0.243. The summed E-state index contributed by atoms with van der Waals surface area (Å²) in [6.45, 7) is 5.33. The standard InChI is InChI=1S/C22H28F2N4O.HI/c1-25-22(26-10-9-19-20(23)7-4-8-21(19)24)27-15-17-5-2-3-6-18(17)16-28-11-13-29-14-12-28;/h2-8H,9-16H2,1H3,(H2,25,26,27);1H. The normalized spacial score (nSPS) is 14.8. The largest absolute Gasteiger partial charge is 0.379 e. The number of rotatable bonds is 7. The molecule has 30 heavy (non-hydrogen) atoms. The molecule has 1 fully saturated rings. The average molecular weight is 530 g/mol. The lowest BCUT2D eigenvalue weighted by Gasteiger charge is -2.27. The predicted octanol–water partition coefficient (Wildman–Crippen LogP) is 3.32. The topological polar surface area (TPSA) is 48.9 Å². The zero-order chi connectivity index (χ0) is 20.5. The highest BCUT2D eigenvalue weighted by molar-refractivity contribution is 14.0. The number of nitrogens with zero attached hydrogens (tertiary/aromatic N) is 2. The van der Waals surface area contributed by atoms with Crippen LogP contribution in [0.5, 0.6) is 0 Å². The second kappa shape index (κ2) is 12.8. The number of hydrogen-bond acceptors (Lipinski definition) is 3. The van der Waals surface area contributed by atoms with Crippen molar-refractivity contribution in [3.63, 3.8) is 0 Å². The lowest BCUT2D eigenvalue weighted by atomic mass is 10.1. The van der Waals surface area contributed by atoms with Crippen molar-refractivity contribution in [2.45, 2.75) is 19.5 Å². The van der Waals surface area contributed by atoms with Crippen molar-refractivity contribution in [1.29, 1.82) is 0 Å². The summed E-state index contributed by atoms with van der Waals surface area (Å²) >= 11 is 0. The van der Waals surface area contributed by atoms with Gasteiger partial charge in [-0.15, -0.1) is 24.0 Å². The molecule has 1 aliphatic heterocycles. The van der Waals surface area contributed by atoms with Gasteiger partial charge in [0.15, 0.2) is 5.96 Å². The lowest BCUT2D eigenvalue weighted by molar-refractivity contribution is 0.0341. The second-order valence-electron chi connectivity index (χ2n) is 6.96. The van der Waals surface area contributed by atoms with E-state index in [4.69, 9.17) is 4.74 Å². The number of hydrogen-bond donors (Lipinski definition) is 2. The van der Waals surface area contributed by atoms with Crippen molar-refractivity contribution in [2.24, 2.45) is 4.99 Å². The molecular formula is C22H29F2IN4O. The first-order valence-electron chi connectivity index (χ1n) is 9.91. The number of ether oxygens (including phenoxy) is 1. The van der Waals surface area contributed by atoms with E-state index in [0.717, 1.165) is 32.8 Å². The van der Waals surface area contributed by atoms with Gasteiger partial charge in [-0.1, -0.05) is 30.3 Å². The number of halogens is 3.